The molecule has 0 amide bonds. The Labute approximate surface area is 184 Å². The van der Waals surface area contributed by atoms with E-state index in [0.29, 0.717) is 0 Å². The zero-order valence-electron chi connectivity index (χ0n) is 17.2. The molecule has 2 aromatic carbocycles. The van der Waals surface area contributed by atoms with Gasteiger partial charge in [-0.3, -0.25) is 9.55 Å². The van der Waals surface area contributed by atoms with Crippen molar-refractivity contribution in [2.75, 3.05) is 5.73 Å². The van der Waals surface area contributed by atoms with Crippen molar-refractivity contribution in [3.8, 4) is 28.5 Å². The zero-order chi connectivity index (χ0) is 21.5. The highest BCUT2D eigenvalue weighted by atomic mass is 15.1. The van der Waals surface area contributed by atoms with E-state index in [1.807, 2.05) is 85.1 Å². The van der Waals surface area contributed by atoms with Crippen LogP contribution in [0.4, 0.5) is 5.69 Å². The number of nitrogens with two attached hydrogens (primary N) is 1. The topological polar surface area (TPSA) is 69.6 Å². The summed E-state index contributed by atoms with van der Waals surface area (Å²) in [5.41, 5.74) is 13.2. The monoisotopic (exact) mass is 413 g/mol. The maximum absolute atomic E-state index is 5.83. The highest BCUT2D eigenvalue weighted by Gasteiger charge is 2.14. The molecule has 0 spiro atoms. The molecule has 2 N–H and O–H groups in total. The summed E-state index contributed by atoms with van der Waals surface area (Å²) in [5, 5.41) is 1.11. The first-order valence-electron chi connectivity index (χ1n) is 10.4. The largest absolute Gasteiger partial charge is 0.399 e. The van der Waals surface area contributed by atoms with Crippen LogP contribution in [0.5, 0.6) is 0 Å². The number of benzene rings is 2. The molecular formula is C27H19N5. The minimum atomic E-state index is 0.736. The summed E-state index contributed by atoms with van der Waals surface area (Å²) in [7, 11) is 0. The van der Waals surface area contributed by atoms with Gasteiger partial charge in [0.1, 0.15) is 5.82 Å². The van der Waals surface area contributed by atoms with E-state index in [0.717, 1.165) is 56.1 Å². The summed E-state index contributed by atoms with van der Waals surface area (Å²) in [6, 6.07) is 32.1. The minimum Gasteiger partial charge on any atom is -0.399 e. The van der Waals surface area contributed by atoms with Crippen LogP contribution in [0, 0.1) is 0 Å². The lowest BCUT2D eigenvalue weighted by Gasteiger charge is -2.09. The second kappa shape index (κ2) is 7.32. The molecule has 0 unspecified atom stereocenters. The Balaban J connectivity index is 1.50. The van der Waals surface area contributed by atoms with Gasteiger partial charge in [0.2, 0.25) is 0 Å². The van der Waals surface area contributed by atoms with Gasteiger partial charge in [-0.05, 0) is 54.6 Å². The smallest absolute Gasteiger partial charge is 0.138 e. The fraction of sp³-hybridized carbons (Fsp3) is 0. The molecule has 0 aliphatic rings. The second-order valence-electron chi connectivity index (χ2n) is 7.63. The van der Waals surface area contributed by atoms with E-state index in [-0.39, 0.29) is 0 Å². The third kappa shape index (κ3) is 2.99. The molecule has 0 bridgehead atoms. The third-order valence-electron chi connectivity index (χ3n) is 5.61. The highest BCUT2D eigenvalue weighted by molar-refractivity contribution is 6.06. The van der Waals surface area contributed by atoms with E-state index in [4.69, 9.17) is 15.7 Å². The summed E-state index contributed by atoms with van der Waals surface area (Å²) < 4.78 is 2.16. The average molecular weight is 413 g/mol. The Morgan fingerprint density at radius 2 is 1.31 bits per heavy atom. The molecule has 0 atom stereocenters. The molecule has 0 aliphatic heterocycles. The van der Waals surface area contributed by atoms with Gasteiger partial charge in [0.05, 0.1) is 33.6 Å². The molecular weight excluding hydrogens is 394 g/mol. The van der Waals surface area contributed by atoms with Crippen molar-refractivity contribution in [2.45, 2.75) is 0 Å². The summed E-state index contributed by atoms with van der Waals surface area (Å²) in [4.78, 5) is 14.5. The number of nitrogens with zero attached hydrogens (tertiary/aromatic N) is 4. The van der Waals surface area contributed by atoms with E-state index >= 15 is 0 Å². The first-order valence-corrected chi connectivity index (χ1v) is 10.4. The van der Waals surface area contributed by atoms with Crippen LogP contribution in [-0.4, -0.2) is 19.5 Å². The number of nitrogen functional groups attached to an aromatic ring is 1. The maximum Gasteiger partial charge on any atom is 0.138 e. The molecule has 0 saturated heterocycles. The number of hydrogen-bond acceptors (Lipinski definition) is 4. The van der Waals surface area contributed by atoms with Crippen molar-refractivity contribution in [3.05, 3.63) is 103 Å². The second-order valence-corrected chi connectivity index (χ2v) is 7.63. The van der Waals surface area contributed by atoms with Gasteiger partial charge in [0.25, 0.3) is 0 Å². The fourth-order valence-corrected chi connectivity index (χ4v) is 4.11. The van der Waals surface area contributed by atoms with Crippen LogP contribution < -0.4 is 5.73 Å². The van der Waals surface area contributed by atoms with Gasteiger partial charge < -0.3 is 5.73 Å². The normalized spacial score (nSPS) is 11.2. The van der Waals surface area contributed by atoms with Crippen LogP contribution in [0.3, 0.4) is 0 Å². The Kier molecular flexibility index (Phi) is 4.18. The molecule has 6 aromatic rings. The van der Waals surface area contributed by atoms with E-state index in [1.165, 1.54) is 0 Å². The van der Waals surface area contributed by atoms with Crippen LogP contribution in [0.15, 0.2) is 103 Å². The number of anilines is 1. The van der Waals surface area contributed by atoms with Crippen molar-refractivity contribution < 1.29 is 0 Å². The van der Waals surface area contributed by atoms with Crippen molar-refractivity contribution in [2.24, 2.45) is 0 Å². The van der Waals surface area contributed by atoms with Crippen molar-refractivity contribution in [1.29, 1.82) is 0 Å². The Bertz CT molecular complexity index is 1530. The van der Waals surface area contributed by atoms with E-state index in [1.54, 1.807) is 0 Å². The third-order valence-corrected chi connectivity index (χ3v) is 5.61. The van der Waals surface area contributed by atoms with Crippen LogP contribution in [0.25, 0.3) is 50.4 Å². The standard InChI is InChI=1S/C27H19N5/c28-19-15-13-18(14-16-19)21-7-3-8-22(30-21)23-9-4-12-26(31-23)32-24-10-2-1-6-20(24)27-25(32)11-5-17-29-27/h1-17H,28H2. The predicted octanol–water partition coefficient (Wildman–Crippen LogP) is 5.88. The molecule has 0 fully saturated rings. The van der Waals surface area contributed by atoms with Gasteiger partial charge in [-0.25, -0.2) is 9.97 Å². The molecule has 4 heterocycles. The van der Waals surface area contributed by atoms with Crippen LogP contribution >= 0.6 is 0 Å². The fourth-order valence-electron chi connectivity index (χ4n) is 4.11. The predicted molar refractivity (Wildman–Crippen MR) is 129 cm³/mol. The summed E-state index contributed by atoms with van der Waals surface area (Å²) in [6.07, 6.45) is 1.83. The van der Waals surface area contributed by atoms with Crippen molar-refractivity contribution in [3.63, 3.8) is 0 Å². The van der Waals surface area contributed by atoms with Crippen LogP contribution in [0.2, 0.25) is 0 Å². The Morgan fingerprint density at radius 1 is 0.594 bits per heavy atom. The molecule has 4 aromatic heterocycles. The van der Waals surface area contributed by atoms with E-state index in [9.17, 15) is 0 Å². The highest BCUT2D eigenvalue weighted by Crippen LogP contribution is 2.30. The Morgan fingerprint density at radius 3 is 2.19 bits per heavy atom. The van der Waals surface area contributed by atoms with E-state index in [2.05, 4.69) is 27.8 Å². The Hall–Kier alpha value is -4.51. The summed E-state index contributed by atoms with van der Waals surface area (Å²) in [6.45, 7) is 0. The average Bonchev–Trinajstić information content (AvgIpc) is 3.19. The zero-order valence-corrected chi connectivity index (χ0v) is 17.2. The molecule has 32 heavy (non-hydrogen) atoms. The van der Waals surface area contributed by atoms with Crippen LogP contribution in [-0.2, 0) is 0 Å². The molecule has 5 nitrogen and oxygen atoms in total. The number of pyridine rings is 3. The SMILES string of the molecule is Nc1ccc(-c2cccc(-c3cccc(-n4c5ccccc5c5ncccc54)n3)n2)cc1. The van der Waals surface area contributed by atoms with Gasteiger partial charge in [0, 0.05) is 22.8 Å². The van der Waals surface area contributed by atoms with E-state index < -0.39 is 0 Å². The molecule has 152 valence electrons. The molecule has 0 radical (unpaired) electrons. The minimum absolute atomic E-state index is 0.736. The molecule has 0 aliphatic carbocycles. The number of hydrogen-bond donors (Lipinski definition) is 1. The number of para-hydroxylation sites is 1. The number of fused-ring (bicyclic) bond motifs is 3. The first-order chi connectivity index (χ1) is 15.8. The van der Waals surface area contributed by atoms with Crippen LogP contribution in [0.1, 0.15) is 0 Å². The lowest BCUT2D eigenvalue weighted by molar-refractivity contribution is 1.08. The van der Waals surface area contributed by atoms with Crippen molar-refractivity contribution >= 4 is 27.6 Å². The molecule has 0 saturated carbocycles. The van der Waals surface area contributed by atoms with Crippen molar-refractivity contribution in [1.82, 2.24) is 19.5 Å². The molecule has 6 rings (SSSR count). The summed E-state index contributed by atoms with van der Waals surface area (Å²) >= 11 is 0. The summed E-state index contributed by atoms with van der Waals surface area (Å²) in [5.74, 6) is 0.835. The van der Waals surface area contributed by atoms with Gasteiger partial charge in [-0.15, -0.1) is 0 Å². The van der Waals surface area contributed by atoms with Gasteiger partial charge >= 0.3 is 0 Å². The number of rotatable bonds is 3. The van der Waals surface area contributed by atoms with Gasteiger partial charge in [-0.2, -0.15) is 0 Å². The lowest BCUT2D eigenvalue weighted by atomic mass is 10.1. The molecule has 5 heteroatoms. The number of aromatic nitrogens is 4. The quantitative estimate of drug-likeness (QED) is 0.368. The van der Waals surface area contributed by atoms with Gasteiger partial charge in [0.15, 0.2) is 0 Å². The maximum atomic E-state index is 5.83. The first kappa shape index (κ1) is 18.3. The van der Waals surface area contributed by atoms with Gasteiger partial charge in [-0.1, -0.05) is 42.5 Å². The lowest BCUT2D eigenvalue weighted by Crippen LogP contribution is -1.99.